The Morgan fingerprint density at radius 2 is 2.06 bits per heavy atom. The summed E-state index contributed by atoms with van der Waals surface area (Å²) in [4.78, 5) is 8.40. The summed E-state index contributed by atoms with van der Waals surface area (Å²) in [5.74, 6) is 0.865. The number of nitrogens with one attached hydrogen (secondary N) is 1. The molecule has 1 N–H and O–H groups in total. The van der Waals surface area contributed by atoms with Gasteiger partial charge >= 0.3 is 0 Å². The van der Waals surface area contributed by atoms with Gasteiger partial charge in [0.1, 0.15) is 12.1 Å². The molecule has 0 fully saturated rings. The predicted octanol–water partition coefficient (Wildman–Crippen LogP) is 2.00. The van der Waals surface area contributed by atoms with Gasteiger partial charge in [-0.3, -0.25) is 4.68 Å². The van der Waals surface area contributed by atoms with Gasteiger partial charge in [-0.1, -0.05) is 6.92 Å². The summed E-state index contributed by atoms with van der Waals surface area (Å²) in [5, 5.41) is 7.73. The molecule has 2 aromatic heterocycles. The Hall–Kier alpha value is -1.91. The molecule has 0 radical (unpaired) electrons. The molecular formula is C13H19N5. The van der Waals surface area contributed by atoms with Crippen molar-refractivity contribution in [2.45, 2.75) is 33.7 Å². The highest BCUT2D eigenvalue weighted by molar-refractivity contribution is 5.37. The summed E-state index contributed by atoms with van der Waals surface area (Å²) in [6.45, 7) is 6.93. The van der Waals surface area contributed by atoms with Crippen molar-refractivity contribution in [3.05, 3.63) is 35.0 Å². The minimum atomic E-state index is 0.742. The molecule has 0 unspecified atom stereocenters. The van der Waals surface area contributed by atoms with E-state index in [0.717, 1.165) is 30.2 Å². The molecule has 0 aromatic carbocycles. The maximum Gasteiger partial charge on any atom is 0.129 e. The molecule has 5 nitrogen and oxygen atoms in total. The average Bonchev–Trinajstić information content (AvgIpc) is 2.61. The highest BCUT2D eigenvalue weighted by Gasteiger charge is 2.09. The maximum atomic E-state index is 4.40. The molecule has 0 aliphatic rings. The largest absolute Gasteiger partial charge is 0.366 e. The summed E-state index contributed by atoms with van der Waals surface area (Å²) < 4.78 is 1.91. The number of aromatic nitrogens is 4. The standard InChI is InChI=1S/C13H19N5/c1-5-11-6-13(16-8-15-11)14-7-12-9(2)17-18(4)10(12)3/h6,8H,5,7H2,1-4H3,(H,14,15,16). The van der Waals surface area contributed by atoms with E-state index in [9.17, 15) is 0 Å². The summed E-state index contributed by atoms with van der Waals surface area (Å²) in [6.07, 6.45) is 2.52. The van der Waals surface area contributed by atoms with Gasteiger partial charge in [-0.25, -0.2) is 9.97 Å². The molecular weight excluding hydrogens is 226 g/mol. The molecule has 0 saturated heterocycles. The van der Waals surface area contributed by atoms with Crippen LogP contribution < -0.4 is 5.32 Å². The fourth-order valence-electron chi connectivity index (χ4n) is 1.94. The lowest BCUT2D eigenvalue weighted by molar-refractivity contribution is 0.730. The van der Waals surface area contributed by atoms with Gasteiger partial charge in [0.2, 0.25) is 0 Å². The van der Waals surface area contributed by atoms with Crippen molar-refractivity contribution in [2.75, 3.05) is 5.32 Å². The highest BCUT2D eigenvalue weighted by Crippen LogP contribution is 2.14. The molecule has 18 heavy (non-hydrogen) atoms. The lowest BCUT2D eigenvalue weighted by Gasteiger charge is -2.06. The minimum absolute atomic E-state index is 0.742. The van der Waals surface area contributed by atoms with Crippen molar-refractivity contribution in [2.24, 2.45) is 7.05 Å². The van der Waals surface area contributed by atoms with Crippen molar-refractivity contribution in [1.82, 2.24) is 19.7 Å². The first kappa shape index (κ1) is 12.5. The van der Waals surface area contributed by atoms with Crippen LogP contribution in [0.1, 0.15) is 29.6 Å². The number of rotatable bonds is 4. The Bertz CT molecular complexity index is 544. The van der Waals surface area contributed by atoms with Crippen LogP contribution in [0.25, 0.3) is 0 Å². The molecule has 2 rings (SSSR count). The maximum absolute atomic E-state index is 4.40. The van der Waals surface area contributed by atoms with Crippen molar-refractivity contribution < 1.29 is 0 Å². The van der Waals surface area contributed by atoms with Gasteiger partial charge < -0.3 is 5.32 Å². The molecule has 2 aromatic rings. The first-order valence-electron chi connectivity index (χ1n) is 6.15. The van der Waals surface area contributed by atoms with Crippen molar-refractivity contribution in [3.63, 3.8) is 0 Å². The third-order valence-electron chi connectivity index (χ3n) is 3.19. The predicted molar refractivity (Wildman–Crippen MR) is 71.4 cm³/mol. The number of hydrogen-bond acceptors (Lipinski definition) is 4. The quantitative estimate of drug-likeness (QED) is 0.895. The van der Waals surface area contributed by atoms with Gasteiger partial charge in [-0.2, -0.15) is 5.10 Å². The molecule has 0 atom stereocenters. The summed E-state index contributed by atoms with van der Waals surface area (Å²) in [7, 11) is 1.96. The summed E-state index contributed by atoms with van der Waals surface area (Å²) in [5.41, 5.74) is 4.53. The van der Waals surface area contributed by atoms with Crippen molar-refractivity contribution in [1.29, 1.82) is 0 Å². The molecule has 0 bridgehead atoms. The van der Waals surface area contributed by atoms with Gasteiger partial charge in [-0.05, 0) is 20.3 Å². The van der Waals surface area contributed by atoms with Crippen LogP contribution >= 0.6 is 0 Å². The van der Waals surface area contributed by atoms with Gasteiger partial charge in [0.05, 0.1) is 5.69 Å². The van der Waals surface area contributed by atoms with Gasteiger partial charge in [0.15, 0.2) is 0 Å². The van der Waals surface area contributed by atoms with Crippen LogP contribution in [0.15, 0.2) is 12.4 Å². The van der Waals surface area contributed by atoms with Crippen LogP contribution in [0.2, 0.25) is 0 Å². The Morgan fingerprint density at radius 3 is 2.67 bits per heavy atom. The van der Waals surface area contributed by atoms with E-state index in [1.165, 1.54) is 11.3 Å². The Morgan fingerprint density at radius 1 is 1.28 bits per heavy atom. The Kier molecular flexibility index (Phi) is 3.60. The molecule has 5 heteroatoms. The van der Waals surface area contributed by atoms with E-state index in [2.05, 4.69) is 34.2 Å². The molecule has 0 aliphatic heterocycles. The highest BCUT2D eigenvalue weighted by atomic mass is 15.3. The monoisotopic (exact) mass is 245 g/mol. The fourth-order valence-corrected chi connectivity index (χ4v) is 1.94. The first-order valence-corrected chi connectivity index (χ1v) is 6.15. The topological polar surface area (TPSA) is 55.6 Å². The van der Waals surface area contributed by atoms with Gasteiger partial charge in [-0.15, -0.1) is 0 Å². The Balaban J connectivity index is 2.11. The van der Waals surface area contributed by atoms with E-state index in [4.69, 9.17) is 0 Å². The zero-order valence-electron chi connectivity index (χ0n) is 11.4. The van der Waals surface area contributed by atoms with Gasteiger partial charge in [0.25, 0.3) is 0 Å². The lowest BCUT2D eigenvalue weighted by atomic mass is 10.2. The second kappa shape index (κ2) is 5.16. The zero-order valence-corrected chi connectivity index (χ0v) is 11.4. The SMILES string of the molecule is CCc1cc(NCc2c(C)nn(C)c2C)ncn1. The second-order valence-electron chi connectivity index (χ2n) is 4.37. The molecule has 0 saturated carbocycles. The zero-order chi connectivity index (χ0) is 13.1. The normalized spacial score (nSPS) is 10.7. The van der Waals surface area contributed by atoms with Crippen molar-refractivity contribution >= 4 is 5.82 Å². The fraction of sp³-hybridized carbons (Fsp3) is 0.462. The first-order chi connectivity index (χ1) is 8.61. The van der Waals surface area contributed by atoms with Crippen LogP contribution in [-0.2, 0) is 20.0 Å². The number of aryl methyl sites for hydroxylation is 3. The number of hydrogen-bond donors (Lipinski definition) is 1. The Labute approximate surface area is 107 Å². The molecule has 2 heterocycles. The number of anilines is 1. The number of nitrogens with zero attached hydrogens (tertiary/aromatic N) is 4. The summed E-state index contributed by atoms with van der Waals surface area (Å²) in [6, 6.07) is 1.99. The smallest absolute Gasteiger partial charge is 0.129 e. The van der Waals surface area contributed by atoms with E-state index in [0.29, 0.717) is 0 Å². The van der Waals surface area contributed by atoms with E-state index >= 15 is 0 Å². The lowest BCUT2D eigenvalue weighted by Crippen LogP contribution is -2.04. The van der Waals surface area contributed by atoms with E-state index < -0.39 is 0 Å². The molecule has 0 spiro atoms. The van der Waals surface area contributed by atoms with Crippen LogP contribution in [0.5, 0.6) is 0 Å². The van der Waals surface area contributed by atoms with Crippen LogP contribution in [0.4, 0.5) is 5.82 Å². The second-order valence-corrected chi connectivity index (χ2v) is 4.37. The van der Waals surface area contributed by atoms with Crippen LogP contribution in [0, 0.1) is 13.8 Å². The van der Waals surface area contributed by atoms with Gasteiger partial charge in [0, 0.05) is 36.6 Å². The summed E-state index contributed by atoms with van der Waals surface area (Å²) >= 11 is 0. The van der Waals surface area contributed by atoms with E-state index in [1.807, 2.05) is 24.7 Å². The third-order valence-corrected chi connectivity index (χ3v) is 3.19. The average molecular weight is 245 g/mol. The third kappa shape index (κ3) is 2.50. The molecule has 96 valence electrons. The molecule has 0 amide bonds. The van der Waals surface area contributed by atoms with E-state index in [-0.39, 0.29) is 0 Å². The molecule has 0 aliphatic carbocycles. The van der Waals surface area contributed by atoms with Crippen molar-refractivity contribution in [3.8, 4) is 0 Å². The van der Waals surface area contributed by atoms with Crippen LogP contribution in [0.3, 0.4) is 0 Å². The van der Waals surface area contributed by atoms with Crippen LogP contribution in [-0.4, -0.2) is 19.7 Å². The van der Waals surface area contributed by atoms with E-state index in [1.54, 1.807) is 6.33 Å². The minimum Gasteiger partial charge on any atom is -0.366 e.